The third kappa shape index (κ3) is 4.28. The highest BCUT2D eigenvalue weighted by Crippen LogP contribution is 2.26. The van der Waals surface area contributed by atoms with Crippen molar-refractivity contribution in [3.63, 3.8) is 0 Å². The fraction of sp³-hybridized carbons (Fsp3) is 0.476. The molecular formula is C21H28N3O2S+. The van der Waals surface area contributed by atoms with Crippen molar-refractivity contribution in [2.75, 3.05) is 11.9 Å². The Kier molecular flexibility index (Phi) is 5.64. The molecule has 5 nitrogen and oxygen atoms in total. The third-order valence-corrected chi connectivity index (χ3v) is 6.66. The minimum absolute atomic E-state index is 0.131. The van der Waals surface area contributed by atoms with Crippen LogP contribution < -0.4 is 20.3 Å². The Morgan fingerprint density at radius 1 is 1.19 bits per heavy atom. The molecule has 144 valence electrons. The van der Waals surface area contributed by atoms with Crippen molar-refractivity contribution in [2.45, 2.75) is 57.3 Å². The Morgan fingerprint density at radius 2 is 1.96 bits per heavy atom. The van der Waals surface area contributed by atoms with Crippen LogP contribution in [0.2, 0.25) is 0 Å². The average molecular weight is 387 g/mol. The number of carbonyl (C=O) groups is 1. The van der Waals surface area contributed by atoms with Crippen LogP contribution in [0.4, 0.5) is 10.5 Å². The van der Waals surface area contributed by atoms with Gasteiger partial charge in [0, 0.05) is 31.7 Å². The molecule has 2 amide bonds. The van der Waals surface area contributed by atoms with Gasteiger partial charge in [-0.3, -0.25) is 0 Å². The molecule has 27 heavy (non-hydrogen) atoms. The molecule has 1 aromatic heterocycles. The fourth-order valence-corrected chi connectivity index (χ4v) is 5.38. The van der Waals surface area contributed by atoms with E-state index < -0.39 is 0 Å². The average Bonchev–Trinajstić information content (AvgIpc) is 3.24. The summed E-state index contributed by atoms with van der Waals surface area (Å²) in [5.74, 6) is 0.713. The van der Waals surface area contributed by atoms with Crippen molar-refractivity contribution < 1.29 is 14.4 Å². The number of amides is 2. The van der Waals surface area contributed by atoms with Crippen LogP contribution in [-0.4, -0.2) is 30.8 Å². The summed E-state index contributed by atoms with van der Waals surface area (Å²) in [6.45, 7) is 3.65. The van der Waals surface area contributed by atoms with Gasteiger partial charge in [-0.05, 0) is 30.5 Å². The second-order valence-corrected chi connectivity index (χ2v) is 8.53. The number of quaternary nitrogens is 1. The van der Waals surface area contributed by atoms with Crippen LogP contribution in [0.15, 0.2) is 41.8 Å². The number of para-hydroxylation sites is 2. The van der Waals surface area contributed by atoms with Gasteiger partial charge in [0.2, 0.25) is 0 Å². The molecule has 0 saturated carbocycles. The zero-order valence-corrected chi connectivity index (χ0v) is 16.6. The molecule has 2 fully saturated rings. The number of ether oxygens (including phenoxy) is 1. The molecular weight excluding hydrogens is 358 g/mol. The van der Waals surface area contributed by atoms with Gasteiger partial charge in [0.1, 0.15) is 12.3 Å². The van der Waals surface area contributed by atoms with Gasteiger partial charge in [-0.15, -0.1) is 11.3 Å². The van der Waals surface area contributed by atoms with E-state index >= 15 is 0 Å². The van der Waals surface area contributed by atoms with Gasteiger partial charge in [-0.25, -0.2) is 4.79 Å². The molecule has 2 bridgehead atoms. The van der Waals surface area contributed by atoms with Gasteiger partial charge in [0.05, 0.1) is 29.3 Å². The van der Waals surface area contributed by atoms with Gasteiger partial charge >= 0.3 is 6.03 Å². The Morgan fingerprint density at radius 3 is 2.67 bits per heavy atom. The molecule has 4 rings (SSSR count). The smallest absolute Gasteiger partial charge is 0.319 e. The third-order valence-electron chi connectivity index (χ3n) is 5.78. The first kappa shape index (κ1) is 18.3. The van der Waals surface area contributed by atoms with E-state index in [9.17, 15) is 4.79 Å². The quantitative estimate of drug-likeness (QED) is 0.715. The molecule has 0 radical (unpaired) electrons. The minimum Gasteiger partial charge on any atom is -0.492 e. The van der Waals surface area contributed by atoms with Gasteiger partial charge in [-0.2, -0.15) is 0 Å². The fourth-order valence-electron chi connectivity index (χ4n) is 4.64. The van der Waals surface area contributed by atoms with Gasteiger partial charge in [0.25, 0.3) is 0 Å². The predicted octanol–water partition coefficient (Wildman–Crippen LogP) is 3.05. The Balaban J connectivity index is 1.33. The largest absolute Gasteiger partial charge is 0.492 e. The lowest BCUT2D eigenvalue weighted by Crippen LogP contribution is -3.17. The van der Waals surface area contributed by atoms with E-state index in [1.54, 1.807) is 4.90 Å². The van der Waals surface area contributed by atoms with E-state index in [1.807, 2.05) is 42.5 Å². The molecule has 2 aliphatic heterocycles. The molecule has 0 spiro atoms. The van der Waals surface area contributed by atoms with Crippen LogP contribution in [0.5, 0.6) is 5.75 Å². The van der Waals surface area contributed by atoms with Gasteiger partial charge in [0.15, 0.2) is 0 Å². The zero-order chi connectivity index (χ0) is 18.6. The van der Waals surface area contributed by atoms with Crippen LogP contribution >= 0.6 is 11.3 Å². The Labute approximate surface area is 164 Å². The summed E-state index contributed by atoms with van der Waals surface area (Å²) in [5.41, 5.74) is 0.723. The number of thiophene rings is 1. The number of rotatable bonds is 6. The molecule has 2 atom stereocenters. The van der Waals surface area contributed by atoms with Crippen molar-refractivity contribution in [1.29, 1.82) is 0 Å². The van der Waals surface area contributed by atoms with Crippen molar-refractivity contribution in [2.24, 2.45) is 0 Å². The summed E-state index contributed by atoms with van der Waals surface area (Å²) in [6.07, 6.45) is 4.69. The van der Waals surface area contributed by atoms with E-state index in [0.29, 0.717) is 24.4 Å². The minimum atomic E-state index is -0.131. The number of urea groups is 1. The maximum absolute atomic E-state index is 12.5. The molecule has 1 aromatic carbocycles. The number of hydrogen-bond acceptors (Lipinski definition) is 3. The SMILES string of the molecule is CCOc1ccccc1NC(=O)NC1C[C@H]2CC[C@H](C1)[NH+]2Cc1cccs1. The lowest BCUT2D eigenvalue weighted by molar-refractivity contribution is -0.954. The first-order valence-electron chi connectivity index (χ1n) is 9.90. The summed E-state index contributed by atoms with van der Waals surface area (Å²) in [6, 6.07) is 13.4. The van der Waals surface area contributed by atoms with E-state index in [-0.39, 0.29) is 12.1 Å². The molecule has 0 unspecified atom stereocenters. The van der Waals surface area contributed by atoms with Crippen LogP contribution in [0.25, 0.3) is 0 Å². The highest BCUT2D eigenvalue weighted by atomic mass is 32.1. The second-order valence-electron chi connectivity index (χ2n) is 7.50. The van der Waals surface area contributed by atoms with Crippen molar-refractivity contribution >= 4 is 23.1 Å². The number of fused-ring (bicyclic) bond motifs is 2. The number of nitrogens with one attached hydrogen (secondary N) is 3. The number of carbonyl (C=O) groups excluding carboxylic acids is 1. The number of benzene rings is 1. The number of piperidine rings is 1. The van der Waals surface area contributed by atoms with Crippen LogP contribution in [0.3, 0.4) is 0 Å². The molecule has 2 aromatic rings. The molecule has 3 N–H and O–H groups in total. The van der Waals surface area contributed by atoms with E-state index in [2.05, 4.69) is 28.1 Å². The highest BCUT2D eigenvalue weighted by Gasteiger charge is 2.44. The maximum Gasteiger partial charge on any atom is 0.319 e. The van der Waals surface area contributed by atoms with E-state index in [4.69, 9.17) is 4.74 Å². The van der Waals surface area contributed by atoms with Crippen molar-refractivity contribution in [3.05, 3.63) is 46.7 Å². The molecule has 2 aliphatic rings. The summed E-state index contributed by atoms with van der Waals surface area (Å²) in [5, 5.41) is 8.32. The number of hydrogen-bond donors (Lipinski definition) is 3. The maximum atomic E-state index is 12.5. The van der Waals surface area contributed by atoms with Crippen molar-refractivity contribution in [1.82, 2.24) is 5.32 Å². The van der Waals surface area contributed by atoms with Crippen LogP contribution in [0, 0.1) is 0 Å². The predicted molar refractivity (Wildman–Crippen MR) is 109 cm³/mol. The molecule has 3 heterocycles. The lowest BCUT2D eigenvalue weighted by Gasteiger charge is -2.36. The lowest BCUT2D eigenvalue weighted by atomic mass is 9.97. The van der Waals surface area contributed by atoms with Crippen molar-refractivity contribution in [3.8, 4) is 5.75 Å². The van der Waals surface area contributed by atoms with Gasteiger partial charge in [-0.1, -0.05) is 18.2 Å². The summed E-state index contributed by atoms with van der Waals surface area (Å²) < 4.78 is 5.59. The first-order valence-corrected chi connectivity index (χ1v) is 10.8. The van der Waals surface area contributed by atoms with E-state index in [0.717, 1.165) is 25.1 Å². The summed E-state index contributed by atoms with van der Waals surface area (Å²) >= 11 is 1.85. The summed E-state index contributed by atoms with van der Waals surface area (Å²) in [4.78, 5) is 15.7. The monoisotopic (exact) mass is 386 g/mol. The zero-order valence-electron chi connectivity index (χ0n) is 15.7. The van der Waals surface area contributed by atoms with E-state index in [1.165, 1.54) is 17.7 Å². The summed E-state index contributed by atoms with van der Waals surface area (Å²) in [7, 11) is 0. The first-order chi connectivity index (χ1) is 13.2. The normalized spacial score (nSPS) is 26.6. The Bertz CT molecular complexity index is 751. The molecule has 2 saturated heterocycles. The number of anilines is 1. The second kappa shape index (κ2) is 8.31. The Hall–Kier alpha value is -2.05. The van der Waals surface area contributed by atoms with Gasteiger partial charge < -0.3 is 20.3 Å². The van der Waals surface area contributed by atoms with Crippen LogP contribution in [-0.2, 0) is 6.54 Å². The van der Waals surface area contributed by atoms with Crippen LogP contribution in [0.1, 0.15) is 37.5 Å². The topological polar surface area (TPSA) is 54.8 Å². The molecule has 0 aliphatic carbocycles. The standard InChI is InChI=1S/C21H27N3O2S/c1-2-26-20-8-4-3-7-19(20)23-21(25)22-15-12-16-9-10-17(13-15)24(16)14-18-6-5-11-27-18/h3-8,11,15-17H,2,9-10,12-14H2,1H3,(H2,22,23,25)/p+1/t16-,17-/m1/s1. The highest BCUT2D eigenvalue weighted by molar-refractivity contribution is 7.09. The molecule has 6 heteroatoms.